The van der Waals surface area contributed by atoms with Crippen molar-refractivity contribution in [3.8, 4) is 0 Å². The van der Waals surface area contributed by atoms with E-state index in [4.69, 9.17) is 0 Å². The molecule has 0 unspecified atom stereocenters. The molecule has 0 aromatic rings. The summed E-state index contributed by atoms with van der Waals surface area (Å²) in [5.41, 5.74) is 0.621. The molecule has 0 saturated carbocycles. The van der Waals surface area contributed by atoms with E-state index in [2.05, 4.69) is 103 Å². The summed E-state index contributed by atoms with van der Waals surface area (Å²) >= 11 is -1.90. The van der Waals surface area contributed by atoms with Crippen LogP contribution in [0.1, 0.15) is 41.5 Å². The van der Waals surface area contributed by atoms with E-state index >= 15 is 0 Å². The Morgan fingerprint density at radius 3 is 1.04 bits per heavy atom. The Morgan fingerprint density at radius 2 is 0.875 bits per heavy atom. The fourth-order valence-corrected chi connectivity index (χ4v) is 36.2. The Morgan fingerprint density at radius 1 is 0.625 bits per heavy atom. The van der Waals surface area contributed by atoms with Crippen LogP contribution < -0.4 is 24.8 Å². The summed E-state index contributed by atoms with van der Waals surface area (Å²) in [5.74, 6) is -0.734. The van der Waals surface area contributed by atoms with E-state index in [-0.39, 0.29) is 24.8 Å². The van der Waals surface area contributed by atoms with Crippen molar-refractivity contribution in [1.29, 1.82) is 0 Å². The fraction of sp³-hybridized carbons (Fsp3) is 0.600. The molecule has 0 aromatic heterocycles. The number of rotatable bonds is 3. The van der Waals surface area contributed by atoms with Crippen LogP contribution in [0.15, 0.2) is 48.6 Å². The second kappa shape index (κ2) is 8.12. The van der Waals surface area contributed by atoms with Crippen LogP contribution in [0.3, 0.4) is 0 Å². The largest absolute Gasteiger partial charge is 1.00 e. The van der Waals surface area contributed by atoms with Crippen molar-refractivity contribution in [2.24, 2.45) is 10.8 Å². The van der Waals surface area contributed by atoms with Gasteiger partial charge in [0.25, 0.3) is 0 Å². The van der Waals surface area contributed by atoms with E-state index in [1.165, 1.54) is 0 Å². The molecule has 0 heterocycles. The average Bonchev–Trinajstić information content (AvgIpc) is 2.96. The van der Waals surface area contributed by atoms with Gasteiger partial charge in [-0.3, -0.25) is 0 Å². The van der Waals surface area contributed by atoms with Crippen LogP contribution >= 0.6 is 0 Å². The maximum atomic E-state index is 2.62. The van der Waals surface area contributed by atoms with Gasteiger partial charge in [-0.15, -0.1) is 0 Å². The minimum atomic E-state index is -1.90. The summed E-state index contributed by atoms with van der Waals surface area (Å²) in [7, 11) is 0. The van der Waals surface area contributed by atoms with Gasteiger partial charge >= 0.3 is 147 Å². The Kier molecular flexibility index (Phi) is 8.33. The molecule has 0 N–H and O–H groups in total. The fourth-order valence-electron chi connectivity index (χ4n) is 4.41. The molecule has 0 amide bonds. The van der Waals surface area contributed by atoms with Crippen molar-refractivity contribution < 1.29 is 45.7 Å². The molecule has 2 aliphatic carbocycles. The molecule has 2 aliphatic rings. The maximum Gasteiger partial charge on any atom is -1.00 e. The first kappa shape index (κ1) is 24.6. The molecular weight excluding hydrogens is 430 g/mol. The maximum absolute atomic E-state index is 2.62. The third kappa shape index (κ3) is 3.83. The molecule has 0 spiro atoms. The van der Waals surface area contributed by atoms with E-state index in [1.807, 2.05) is 0 Å². The summed E-state index contributed by atoms with van der Waals surface area (Å²) in [5, 5.41) is 0. The van der Waals surface area contributed by atoms with Crippen LogP contribution in [-0.4, -0.2) is 5.92 Å². The third-order valence-electron chi connectivity index (χ3n) is 5.61. The molecule has 24 heavy (non-hydrogen) atoms. The predicted octanol–water partition coefficient (Wildman–Crippen LogP) is 0.258. The van der Waals surface area contributed by atoms with Gasteiger partial charge in [-0.1, -0.05) is 0 Å². The van der Waals surface area contributed by atoms with E-state index in [9.17, 15) is 0 Å². The monoisotopic (exact) mass is 461 g/mol. The second-order valence-corrected chi connectivity index (χ2v) is 29.6. The smallest absolute Gasteiger partial charge is 1.00 e. The van der Waals surface area contributed by atoms with Crippen molar-refractivity contribution in [2.45, 2.75) is 60.9 Å². The van der Waals surface area contributed by atoms with Gasteiger partial charge in [0, 0.05) is 0 Å². The molecule has 0 atom stereocenters. The Bertz CT molecular complexity index is 475. The van der Waals surface area contributed by atoms with Crippen LogP contribution in [0.2, 0.25) is 19.3 Å². The number of hydrogen-bond donors (Lipinski definition) is 0. The van der Waals surface area contributed by atoms with Gasteiger partial charge in [-0.25, -0.2) is 0 Å². The Hall–Kier alpha value is 0.640. The number of allylic oxidation sites excluding steroid dienone is 8. The van der Waals surface area contributed by atoms with Crippen LogP contribution in [0, 0.1) is 10.8 Å². The molecule has 0 radical (unpaired) electrons. The minimum absolute atomic E-state index is 0. The van der Waals surface area contributed by atoms with Crippen LogP contribution in [0.25, 0.3) is 0 Å². The average molecular weight is 464 g/mol. The molecule has 0 aromatic carbocycles. The summed E-state index contributed by atoms with van der Waals surface area (Å²) in [6, 6.07) is 0. The van der Waals surface area contributed by atoms with Gasteiger partial charge in [0.15, 0.2) is 0 Å². The summed E-state index contributed by atoms with van der Waals surface area (Å²) in [6.07, 6.45) is 19.6. The molecule has 0 saturated heterocycles. The van der Waals surface area contributed by atoms with Crippen molar-refractivity contribution in [3.05, 3.63) is 48.6 Å². The summed E-state index contributed by atoms with van der Waals surface area (Å²) < 4.78 is 0.698. The predicted molar refractivity (Wildman–Crippen MR) is 99.7 cm³/mol. The summed E-state index contributed by atoms with van der Waals surface area (Å²) in [4.78, 5) is 0. The molecule has 0 aliphatic heterocycles. The van der Waals surface area contributed by atoms with Gasteiger partial charge in [0.1, 0.15) is 0 Å². The topological polar surface area (TPSA) is 0 Å². The van der Waals surface area contributed by atoms with Crippen molar-refractivity contribution in [1.82, 2.24) is 0 Å². The normalized spacial score (nSPS) is 20.2. The van der Waals surface area contributed by atoms with Gasteiger partial charge in [-0.05, 0) is 0 Å². The zero-order chi connectivity index (χ0) is 16.8. The molecule has 0 fully saturated rings. The third-order valence-corrected chi connectivity index (χ3v) is 30.6. The van der Waals surface area contributed by atoms with Crippen LogP contribution in [0.4, 0.5) is 0 Å². The van der Waals surface area contributed by atoms with Crippen LogP contribution in [-0.2, 0) is 20.9 Å². The van der Waals surface area contributed by atoms with Gasteiger partial charge < -0.3 is 24.8 Å². The van der Waals surface area contributed by atoms with Crippen LogP contribution in [0.5, 0.6) is 0 Å². The first-order valence-electron chi connectivity index (χ1n) is 8.60. The molecular formula is C20H33Cl2SiZr. The molecule has 135 valence electrons. The van der Waals surface area contributed by atoms with Crippen molar-refractivity contribution in [3.63, 3.8) is 0 Å². The van der Waals surface area contributed by atoms with Crippen molar-refractivity contribution >= 4 is 5.92 Å². The van der Waals surface area contributed by atoms with E-state index in [1.54, 1.807) is 0 Å². The number of halogens is 2. The molecule has 2 rings (SSSR count). The molecule has 0 bridgehead atoms. The molecule has 4 heteroatoms. The number of hydrogen-bond acceptors (Lipinski definition) is 0. The van der Waals surface area contributed by atoms with E-state index in [0.29, 0.717) is 17.1 Å². The van der Waals surface area contributed by atoms with Gasteiger partial charge in [0.2, 0.25) is 0 Å². The summed E-state index contributed by atoms with van der Waals surface area (Å²) in [6.45, 7) is 20.0. The van der Waals surface area contributed by atoms with Gasteiger partial charge in [-0.2, -0.15) is 0 Å². The van der Waals surface area contributed by atoms with Gasteiger partial charge in [0.05, 0.1) is 0 Å². The molecule has 0 nitrogen and oxygen atoms in total. The Balaban J connectivity index is 0.00000264. The first-order valence-corrected chi connectivity index (χ1v) is 18.2. The first-order chi connectivity index (χ1) is 9.98. The Labute approximate surface area is 171 Å². The van der Waals surface area contributed by atoms with E-state index < -0.39 is 26.8 Å². The zero-order valence-electron chi connectivity index (χ0n) is 16.5. The second-order valence-electron chi connectivity index (χ2n) is 9.24. The zero-order valence-corrected chi connectivity index (χ0v) is 21.6. The SMILES string of the molecule is C[SiH](C)[Zr+2]([C]1(C(C)(C)C)C=CC=C1)[C]1(C(C)(C)C)C=CC=C1.[Cl-].[Cl-]. The van der Waals surface area contributed by atoms with E-state index in [0.717, 1.165) is 0 Å². The quantitative estimate of drug-likeness (QED) is 0.527. The minimum Gasteiger partial charge on any atom is -1.00 e. The van der Waals surface area contributed by atoms with Crippen molar-refractivity contribution in [2.75, 3.05) is 0 Å². The standard InChI is InChI=1S/2C9H13.C2H7Si.2ClH.Zr/c2*1-9(2,3)8-6-4-5-7-8;1-3-2;;;/h2*4-7H,1-3H3;3H,1-2H3;2*1H;/q;;;;;+2/p-2.